The van der Waals surface area contributed by atoms with Crippen molar-refractivity contribution < 1.29 is 4.79 Å². The number of hydrogen-bond acceptors (Lipinski definition) is 3. The molecule has 0 radical (unpaired) electrons. The van der Waals surface area contributed by atoms with E-state index < -0.39 is 0 Å². The van der Waals surface area contributed by atoms with Crippen molar-refractivity contribution in [2.24, 2.45) is 5.41 Å². The summed E-state index contributed by atoms with van der Waals surface area (Å²) in [5.41, 5.74) is 2.11. The number of carbonyl (C=O) groups excluding carboxylic acids is 1. The summed E-state index contributed by atoms with van der Waals surface area (Å²) in [5, 5.41) is 0. The number of likely N-dealkylation sites (tertiary alicyclic amines) is 2. The number of aromatic nitrogens is 1. The number of piperidine rings is 2. The van der Waals surface area contributed by atoms with Crippen molar-refractivity contribution in [3.63, 3.8) is 0 Å². The fourth-order valence-electron chi connectivity index (χ4n) is 4.96. The molecule has 1 spiro atoms. The summed E-state index contributed by atoms with van der Waals surface area (Å²) in [4.78, 5) is 31.2. The molecule has 1 aromatic heterocycles. The Balaban J connectivity index is 1.46. The van der Waals surface area contributed by atoms with Gasteiger partial charge in [0.25, 0.3) is 5.91 Å². The molecule has 0 saturated carbocycles. The van der Waals surface area contributed by atoms with Crippen molar-refractivity contribution in [2.75, 3.05) is 32.7 Å². The lowest BCUT2D eigenvalue weighted by Gasteiger charge is -2.50. The lowest BCUT2D eigenvalue weighted by atomic mass is 9.68. The van der Waals surface area contributed by atoms with Crippen LogP contribution in [0.15, 0.2) is 53.5 Å². The van der Waals surface area contributed by atoms with Gasteiger partial charge >= 0.3 is 0 Å². The second kappa shape index (κ2) is 7.92. The maximum Gasteiger partial charge on any atom is 0.255 e. The van der Waals surface area contributed by atoms with E-state index in [1.807, 2.05) is 4.90 Å². The Bertz CT molecular complexity index is 848. The van der Waals surface area contributed by atoms with E-state index in [0.717, 1.165) is 45.6 Å². The lowest BCUT2D eigenvalue weighted by molar-refractivity contribution is 0.0158. The summed E-state index contributed by atoms with van der Waals surface area (Å²) in [6, 6.07) is 13.9. The summed E-state index contributed by atoms with van der Waals surface area (Å²) in [6.45, 7) is 7.16. The standard InChI is InChI=1S/C23H29N3O2/c1-2-25-16-20(18-6-4-3-5-7-18)14-23(17-25)10-12-26(13-11-23)22(28)19-8-9-21(27)24-15-19/h3-9,15,20H,2,10-14,16-17H2,1H3,(H,24,27)/t20-/m1/s1. The van der Waals surface area contributed by atoms with Gasteiger partial charge in [-0.15, -0.1) is 0 Å². The van der Waals surface area contributed by atoms with Crippen molar-refractivity contribution in [1.82, 2.24) is 14.8 Å². The summed E-state index contributed by atoms with van der Waals surface area (Å²) >= 11 is 0. The Hall–Kier alpha value is -2.40. The van der Waals surface area contributed by atoms with Crippen molar-refractivity contribution in [3.8, 4) is 0 Å². The van der Waals surface area contributed by atoms with Gasteiger partial charge in [-0.1, -0.05) is 37.3 Å². The zero-order valence-electron chi connectivity index (χ0n) is 16.6. The smallest absolute Gasteiger partial charge is 0.255 e. The molecule has 2 aliphatic rings. The highest BCUT2D eigenvalue weighted by Gasteiger charge is 2.42. The van der Waals surface area contributed by atoms with Crippen LogP contribution in [0, 0.1) is 5.41 Å². The molecule has 28 heavy (non-hydrogen) atoms. The van der Waals surface area contributed by atoms with Gasteiger partial charge in [0.2, 0.25) is 5.56 Å². The monoisotopic (exact) mass is 379 g/mol. The molecule has 0 aliphatic carbocycles. The van der Waals surface area contributed by atoms with Gasteiger partial charge in [-0.3, -0.25) is 9.59 Å². The Morgan fingerprint density at radius 1 is 1.14 bits per heavy atom. The lowest BCUT2D eigenvalue weighted by Crippen LogP contribution is -2.52. The number of hydrogen-bond donors (Lipinski definition) is 1. The van der Waals surface area contributed by atoms with Crippen molar-refractivity contribution in [3.05, 3.63) is 70.1 Å². The maximum atomic E-state index is 12.8. The summed E-state index contributed by atoms with van der Waals surface area (Å²) in [7, 11) is 0. The molecular formula is C23H29N3O2. The van der Waals surface area contributed by atoms with Gasteiger partial charge in [0.1, 0.15) is 0 Å². The molecule has 2 fully saturated rings. The van der Waals surface area contributed by atoms with Crippen LogP contribution in [0.5, 0.6) is 0 Å². The SMILES string of the molecule is CCN1C[C@H](c2ccccc2)CC2(CCN(C(=O)c3ccc(=O)[nH]c3)CC2)C1. The highest BCUT2D eigenvalue weighted by atomic mass is 16.2. The molecule has 4 rings (SSSR count). The van der Waals surface area contributed by atoms with Crippen LogP contribution in [0.1, 0.15) is 48.0 Å². The molecule has 2 aromatic rings. The largest absolute Gasteiger partial charge is 0.339 e. The number of pyridine rings is 1. The number of nitrogens with one attached hydrogen (secondary N) is 1. The zero-order valence-corrected chi connectivity index (χ0v) is 16.6. The van der Waals surface area contributed by atoms with Gasteiger partial charge in [-0.2, -0.15) is 0 Å². The number of benzene rings is 1. The zero-order chi connectivity index (χ0) is 19.6. The number of likely N-dealkylation sites (N-methyl/N-ethyl adjacent to an activating group) is 1. The number of amides is 1. The summed E-state index contributed by atoms with van der Waals surface area (Å²) in [6.07, 6.45) is 4.82. The van der Waals surface area contributed by atoms with Crippen LogP contribution >= 0.6 is 0 Å². The first-order chi connectivity index (χ1) is 13.6. The fraction of sp³-hybridized carbons (Fsp3) is 0.478. The average Bonchev–Trinajstić information content (AvgIpc) is 2.74. The van der Waals surface area contributed by atoms with E-state index in [4.69, 9.17) is 0 Å². The van der Waals surface area contributed by atoms with Crippen LogP contribution in [-0.4, -0.2) is 53.4 Å². The molecule has 1 amide bonds. The van der Waals surface area contributed by atoms with Gasteiger partial charge < -0.3 is 14.8 Å². The van der Waals surface area contributed by atoms with Crippen molar-refractivity contribution in [2.45, 2.75) is 32.1 Å². The third-order valence-corrected chi connectivity index (χ3v) is 6.58. The minimum atomic E-state index is -0.178. The molecule has 5 heteroatoms. The van der Waals surface area contributed by atoms with Gasteiger partial charge in [0.15, 0.2) is 0 Å². The third kappa shape index (κ3) is 3.90. The normalized spacial score (nSPS) is 22.3. The topological polar surface area (TPSA) is 56.4 Å². The van der Waals surface area contributed by atoms with E-state index in [9.17, 15) is 9.59 Å². The van der Waals surface area contributed by atoms with E-state index in [-0.39, 0.29) is 16.9 Å². The number of H-pyrrole nitrogens is 1. The predicted molar refractivity (Wildman–Crippen MR) is 111 cm³/mol. The highest BCUT2D eigenvalue weighted by molar-refractivity contribution is 5.93. The molecule has 3 heterocycles. The molecular weight excluding hydrogens is 350 g/mol. The minimum Gasteiger partial charge on any atom is -0.339 e. The third-order valence-electron chi connectivity index (χ3n) is 6.58. The van der Waals surface area contributed by atoms with E-state index in [1.54, 1.807) is 6.07 Å². The molecule has 1 N–H and O–H groups in total. The molecule has 148 valence electrons. The predicted octanol–water partition coefficient (Wildman–Crippen LogP) is 3.11. The summed E-state index contributed by atoms with van der Waals surface area (Å²) in [5.74, 6) is 0.588. The van der Waals surface area contributed by atoms with Gasteiger partial charge in [-0.05, 0) is 48.8 Å². The van der Waals surface area contributed by atoms with Gasteiger partial charge in [0, 0.05) is 38.4 Å². The second-order valence-corrected chi connectivity index (χ2v) is 8.37. The number of nitrogens with zero attached hydrogens (tertiary/aromatic N) is 2. The van der Waals surface area contributed by atoms with Gasteiger partial charge in [-0.25, -0.2) is 0 Å². The second-order valence-electron chi connectivity index (χ2n) is 8.37. The highest BCUT2D eigenvalue weighted by Crippen LogP contribution is 2.45. The van der Waals surface area contributed by atoms with E-state index >= 15 is 0 Å². The first-order valence-corrected chi connectivity index (χ1v) is 10.3. The first-order valence-electron chi connectivity index (χ1n) is 10.3. The number of carbonyl (C=O) groups is 1. The van der Waals surface area contributed by atoms with E-state index in [1.165, 1.54) is 24.2 Å². The first kappa shape index (κ1) is 18.9. The molecule has 1 aromatic carbocycles. The molecule has 1 atom stereocenters. The van der Waals surface area contributed by atoms with Crippen molar-refractivity contribution >= 4 is 5.91 Å². The molecule has 0 bridgehead atoms. The fourth-order valence-corrected chi connectivity index (χ4v) is 4.96. The van der Waals surface area contributed by atoms with Crippen LogP contribution in [0.4, 0.5) is 0 Å². The number of aromatic amines is 1. The van der Waals surface area contributed by atoms with E-state index in [0.29, 0.717) is 11.5 Å². The quantitative estimate of drug-likeness (QED) is 0.892. The molecule has 2 saturated heterocycles. The molecule has 2 aliphatic heterocycles. The Morgan fingerprint density at radius 2 is 1.89 bits per heavy atom. The molecule has 0 unspecified atom stereocenters. The van der Waals surface area contributed by atoms with Crippen LogP contribution in [-0.2, 0) is 0 Å². The van der Waals surface area contributed by atoms with Crippen LogP contribution in [0.3, 0.4) is 0 Å². The van der Waals surface area contributed by atoms with Crippen LogP contribution in [0.2, 0.25) is 0 Å². The average molecular weight is 380 g/mol. The van der Waals surface area contributed by atoms with Crippen LogP contribution < -0.4 is 5.56 Å². The summed E-state index contributed by atoms with van der Waals surface area (Å²) < 4.78 is 0. The van der Waals surface area contributed by atoms with E-state index in [2.05, 4.69) is 47.1 Å². The van der Waals surface area contributed by atoms with Crippen molar-refractivity contribution in [1.29, 1.82) is 0 Å². The maximum absolute atomic E-state index is 12.8. The Kier molecular flexibility index (Phi) is 5.36. The Labute approximate surface area is 166 Å². The minimum absolute atomic E-state index is 0.0221. The molecule has 5 nitrogen and oxygen atoms in total. The van der Waals surface area contributed by atoms with Crippen LogP contribution in [0.25, 0.3) is 0 Å². The van der Waals surface area contributed by atoms with Gasteiger partial charge in [0.05, 0.1) is 5.56 Å². The number of rotatable bonds is 3. The Morgan fingerprint density at radius 3 is 2.54 bits per heavy atom.